The smallest absolute Gasteiger partial charge is 0.00968 e. The molecular formula is C13H26N2S. The lowest BCUT2D eigenvalue weighted by Gasteiger charge is -2.30. The van der Waals surface area contributed by atoms with E-state index >= 15 is 0 Å². The van der Waals surface area contributed by atoms with E-state index < -0.39 is 0 Å². The van der Waals surface area contributed by atoms with Gasteiger partial charge >= 0.3 is 0 Å². The molecule has 0 aromatic carbocycles. The molecule has 1 aliphatic carbocycles. The number of rotatable bonds is 7. The molecule has 0 aromatic rings. The van der Waals surface area contributed by atoms with Crippen LogP contribution in [0.1, 0.15) is 32.6 Å². The third kappa shape index (κ3) is 4.27. The molecule has 1 unspecified atom stereocenters. The van der Waals surface area contributed by atoms with Crippen molar-refractivity contribution in [3.63, 3.8) is 0 Å². The first kappa shape index (κ1) is 12.7. The average Bonchev–Trinajstić information content (AvgIpc) is 3.13. The zero-order valence-corrected chi connectivity index (χ0v) is 11.4. The van der Waals surface area contributed by atoms with E-state index in [9.17, 15) is 0 Å². The quantitative estimate of drug-likeness (QED) is 0.689. The molecule has 0 spiro atoms. The van der Waals surface area contributed by atoms with Gasteiger partial charge in [-0.05, 0) is 50.4 Å². The number of piperidine rings is 1. The molecule has 2 nitrogen and oxygen atoms in total. The molecule has 1 atom stereocenters. The summed E-state index contributed by atoms with van der Waals surface area (Å²) in [6, 6.07) is 0.944. The van der Waals surface area contributed by atoms with Gasteiger partial charge in [0.25, 0.3) is 0 Å². The van der Waals surface area contributed by atoms with Gasteiger partial charge in [0.1, 0.15) is 0 Å². The first-order valence-corrected chi connectivity index (χ1v) is 8.08. The molecule has 2 fully saturated rings. The highest BCUT2D eigenvalue weighted by Gasteiger charge is 2.30. The van der Waals surface area contributed by atoms with Crippen LogP contribution in [0.25, 0.3) is 0 Å². The molecule has 0 bridgehead atoms. The molecule has 94 valence electrons. The molecular weight excluding hydrogens is 216 g/mol. The Hall–Kier alpha value is 0.270. The summed E-state index contributed by atoms with van der Waals surface area (Å²) in [6.45, 7) is 7.43. The summed E-state index contributed by atoms with van der Waals surface area (Å²) >= 11 is 2.09. The minimum Gasteiger partial charge on any atom is -0.316 e. The number of hydrogen-bond acceptors (Lipinski definition) is 3. The minimum absolute atomic E-state index is 0.918. The standard InChI is InChI=1S/C13H26N2S/c1-2-16-9-8-15(13-5-6-13)11-12-4-3-7-14-10-12/h12-14H,2-11H2,1H3. The number of nitrogens with zero attached hydrogens (tertiary/aromatic N) is 1. The van der Waals surface area contributed by atoms with Crippen LogP contribution in [-0.2, 0) is 0 Å². The summed E-state index contributed by atoms with van der Waals surface area (Å²) in [6.07, 6.45) is 5.73. The van der Waals surface area contributed by atoms with Crippen molar-refractivity contribution in [3.8, 4) is 0 Å². The first-order chi connectivity index (χ1) is 7.90. The molecule has 16 heavy (non-hydrogen) atoms. The largest absolute Gasteiger partial charge is 0.316 e. The third-order valence-corrected chi connectivity index (χ3v) is 4.56. The van der Waals surface area contributed by atoms with Crippen LogP contribution in [0, 0.1) is 5.92 Å². The normalized spacial score (nSPS) is 26.2. The van der Waals surface area contributed by atoms with E-state index in [2.05, 4.69) is 28.9 Å². The van der Waals surface area contributed by atoms with Gasteiger partial charge in [0, 0.05) is 24.9 Å². The molecule has 0 amide bonds. The van der Waals surface area contributed by atoms with Crippen LogP contribution in [0.15, 0.2) is 0 Å². The van der Waals surface area contributed by atoms with Crippen molar-refractivity contribution in [1.29, 1.82) is 0 Å². The first-order valence-electron chi connectivity index (χ1n) is 6.92. The van der Waals surface area contributed by atoms with Gasteiger partial charge < -0.3 is 5.32 Å². The van der Waals surface area contributed by atoms with Crippen molar-refractivity contribution in [2.24, 2.45) is 5.92 Å². The summed E-state index contributed by atoms with van der Waals surface area (Å²) in [5.74, 6) is 3.51. The van der Waals surface area contributed by atoms with Crippen molar-refractivity contribution in [3.05, 3.63) is 0 Å². The zero-order chi connectivity index (χ0) is 11.2. The van der Waals surface area contributed by atoms with Crippen LogP contribution < -0.4 is 5.32 Å². The van der Waals surface area contributed by atoms with Gasteiger partial charge in [0.05, 0.1) is 0 Å². The van der Waals surface area contributed by atoms with Crippen LogP contribution in [0.5, 0.6) is 0 Å². The maximum Gasteiger partial charge on any atom is 0.00968 e. The van der Waals surface area contributed by atoms with Crippen LogP contribution in [0.4, 0.5) is 0 Å². The van der Waals surface area contributed by atoms with Crippen molar-refractivity contribution in [2.75, 3.05) is 37.7 Å². The second-order valence-corrected chi connectivity index (χ2v) is 6.53. The SMILES string of the molecule is CCSCCN(CC1CCCNC1)C1CC1. The molecule has 1 saturated heterocycles. The Kier molecular flexibility index (Phi) is 5.46. The summed E-state index contributed by atoms with van der Waals surface area (Å²) in [4.78, 5) is 2.76. The topological polar surface area (TPSA) is 15.3 Å². The number of thioether (sulfide) groups is 1. The molecule has 3 heteroatoms. The van der Waals surface area contributed by atoms with Gasteiger partial charge in [-0.25, -0.2) is 0 Å². The van der Waals surface area contributed by atoms with E-state index in [1.807, 2.05) is 0 Å². The molecule has 0 aromatic heterocycles. The summed E-state index contributed by atoms with van der Waals surface area (Å²) < 4.78 is 0. The third-order valence-electron chi connectivity index (χ3n) is 3.68. The second-order valence-electron chi connectivity index (χ2n) is 5.14. The Bertz CT molecular complexity index is 188. The molecule has 2 rings (SSSR count). The van der Waals surface area contributed by atoms with Crippen LogP contribution in [0.2, 0.25) is 0 Å². The lowest BCUT2D eigenvalue weighted by Crippen LogP contribution is -2.40. The van der Waals surface area contributed by atoms with Crippen molar-refractivity contribution >= 4 is 11.8 Å². The van der Waals surface area contributed by atoms with E-state index in [0.717, 1.165) is 12.0 Å². The zero-order valence-electron chi connectivity index (χ0n) is 10.6. The van der Waals surface area contributed by atoms with E-state index in [1.165, 1.54) is 63.4 Å². The lowest BCUT2D eigenvalue weighted by atomic mass is 9.99. The van der Waals surface area contributed by atoms with Gasteiger partial charge in [-0.3, -0.25) is 4.90 Å². The van der Waals surface area contributed by atoms with E-state index in [-0.39, 0.29) is 0 Å². The van der Waals surface area contributed by atoms with Gasteiger partial charge in [-0.1, -0.05) is 6.92 Å². The fraction of sp³-hybridized carbons (Fsp3) is 1.00. The molecule has 1 saturated carbocycles. The maximum atomic E-state index is 3.53. The van der Waals surface area contributed by atoms with Gasteiger partial charge in [-0.2, -0.15) is 11.8 Å². The minimum atomic E-state index is 0.918. The fourth-order valence-corrected chi connectivity index (χ4v) is 3.25. The predicted octanol–water partition coefficient (Wildman–Crippen LogP) is 2.20. The molecule has 1 N–H and O–H groups in total. The highest BCUT2D eigenvalue weighted by Crippen LogP contribution is 2.28. The fourth-order valence-electron chi connectivity index (χ4n) is 2.60. The molecule has 1 aliphatic heterocycles. The Morgan fingerprint density at radius 3 is 2.81 bits per heavy atom. The Labute approximate surface area is 105 Å². The molecule has 2 aliphatic rings. The summed E-state index contributed by atoms with van der Waals surface area (Å²) in [5, 5.41) is 3.53. The van der Waals surface area contributed by atoms with E-state index in [1.54, 1.807) is 0 Å². The van der Waals surface area contributed by atoms with Crippen molar-refractivity contribution < 1.29 is 0 Å². The van der Waals surface area contributed by atoms with Crippen molar-refractivity contribution in [1.82, 2.24) is 10.2 Å². The van der Waals surface area contributed by atoms with Gasteiger partial charge in [0.15, 0.2) is 0 Å². The highest BCUT2D eigenvalue weighted by atomic mass is 32.2. The van der Waals surface area contributed by atoms with Crippen molar-refractivity contribution in [2.45, 2.75) is 38.6 Å². The van der Waals surface area contributed by atoms with Gasteiger partial charge in [-0.15, -0.1) is 0 Å². The second kappa shape index (κ2) is 6.87. The number of hydrogen-bond donors (Lipinski definition) is 1. The van der Waals surface area contributed by atoms with Gasteiger partial charge in [0.2, 0.25) is 0 Å². The Balaban J connectivity index is 1.68. The molecule has 0 radical (unpaired) electrons. The Morgan fingerprint density at radius 1 is 1.31 bits per heavy atom. The van der Waals surface area contributed by atoms with Crippen LogP contribution >= 0.6 is 11.8 Å². The van der Waals surface area contributed by atoms with E-state index in [0.29, 0.717) is 0 Å². The van der Waals surface area contributed by atoms with Crippen LogP contribution in [0.3, 0.4) is 0 Å². The lowest BCUT2D eigenvalue weighted by molar-refractivity contribution is 0.210. The highest BCUT2D eigenvalue weighted by molar-refractivity contribution is 7.99. The maximum absolute atomic E-state index is 3.53. The average molecular weight is 242 g/mol. The number of nitrogens with one attached hydrogen (secondary N) is 1. The van der Waals surface area contributed by atoms with E-state index in [4.69, 9.17) is 0 Å². The molecule has 1 heterocycles. The Morgan fingerprint density at radius 2 is 2.19 bits per heavy atom. The monoisotopic (exact) mass is 242 g/mol. The summed E-state index contributed by atoms with van der Waals surface area (Å²) in [5.41, 5.74) is 0. The van der Waals surface area contributed by atoms with Crippen LogP contribution in [-0.4, -0.2) is 48.6 Å². The summed E-state index contributed by atoms with van der Waals surface area (Å²) in [7, 11) is 0. The predicted molar refractivity (Wildman–Crippen MR) is 73.2 cm³/mol.